The van der Waals surface area contributed by atoms with Crippen molar-refractivity contribution in [1.29, 1.82) is 0 Å². The van der Waals surface area contributed by atoms with E-state index >= 15 is 0 Å². The number of ether oxygens (including phenoxy) is 2. The number of piperidine rings is 2. The Morgan fingerprint density at radius 1 is 1.17 bits per heavy atom. The van der Waals surface area contributed by atoms with Gasteiger partial charge in [0, 0.05) is 13.1 Å². The summed E-state index contributed by atoms with van der Waals surface area (Å²) in [5.74, 6) is 0.687. The molecule has 0 aliphatic carbocycles. The molecule has 6 nitrogen and oxygen atoms in total. The van der Waals surface area contributed by atoms with Crippen molar-refractivity contribution >= 4 is 12.1 Å². The van der Waals surface area contributed by atoms with Crippen LogP contribution in [0.5, 0.6) is 0 Å². The minimum Gasteiger partial charge on any atom is -0.466 e. The maximum absolute atomic E-state index is 12.2. The summed E-state index contributed by atoms with van der Waals surface area (Å²) in [4.78, 5) is 26.2. The Hall–Kier alpha value is -1.30. The van der Waals surface area contributed by atoms with E-state index in [0.717, 1.165) is 32.4 Å². The Labute approximate surface area is 145 Å². The molecule has 2 saturated heterocycles. The molecule has 24 heavy (non-hydrogen) atoms. The number of amides is 1. The molecule has 0 radical (unpaired) electrons. The third kappa shape index (κ3) is 5.10. The Balaban J connectivity index is 1.90. The highest BCUT2D eigenvalue weighted by molar-refractivity contribution is 5.73. The van der Waals surface area contributed by atoms with E-state index in [2.05, 4.69) is 5.32 Å². The zero-order valence-corrected chi connectivity index (χ0v) is 15.5. The fraction of sp³-hybridized carbons (Fsp3) is 0.889. The minimum absolute atomic E-state index is 0.00993. The Bertz CT molecular complexity index is 439. The first-order chi connectivity index (χ1) is 11.3. The van der Waals surface area contributed by atoms with Crippen LogP contribution < -0.4 is 5.32 Å². The number of rotatable bonds is 3. The first-order valence-corrected chi connectivity index (χ1v) is 9.17. The van der Waals surface area contributed by atoms with Crippen LogP contribution in [0.3, 0.4) is 0 Å². The van der Waals surface area contributed by atoms with Crippen LogP contribution in [-0.4, -0.2) is 55.3 Å². The predicted octanol–water partition coefficient (Wildman–Crippen LogP) is 2.42. The number of carbonyl (C=O) groups is 2. The zero-order valence-electron chi connectivity index (χ0n) is 15.5. The number of hydrogen-bond donors (Lipinski definition) is 1. The smallest absolute Gasteiger partial charge is 0.410 e. The van der Waals surface area contributed by atoms with Crippen molar-refractivity contribution < 1.29 is 19.1 Å². The van der Waals surface area contributed by atoms with Crippen molar-refractivity contribution in [3.63, 3.8) is 0 Å². The lowest BCUT2D eigenvalue weighted by molar-refractivity contribution is -0.152. The number of esters is 1. The average molecular weight is 340 g/mol. The summed E-state index contributed by atoms with van der Waals surface area (Å²) in [7, 11) is 0. The number of hydrogen-bond acceptors (Lipinski definition) is 5. The summed E-state index contributed by atoms with van der Waals surface area (Å²) in [5.41, 5.74) is -0.462. The van der Waals surface area contributed by atoms with E-state index < -0.39 is 5.60 Å². The lowest BCUT2D eigenvalue weighted by Gasteiger charge is -2.40. The molecule has 6 heteroatoms. The van der Waals surface area contributed by atoms with Crippen LogP contribution in [0.2, 0.25) is 0 Å². The van der Waals surface area contributed by atoms with Gasteiger partial charge in [0.15, 0.2) is 0 Å². The van der Waals surface area contributed by atoms with Crippen LogP contribution in [0.15, 0.2) is 0 Å². The highest BCUT2D eigenvalue weighted by atomic mass is 16.6. The van der Waals surface area contributed by atoms with Crippen molar-refractivity contribution in [3.05, 3.63) is 0 Å². The van der Waals surface area contributed by atoms with Crippen LogP contribution in [0.25, 0.3) is 0 Å². The molecule has 0 bridgehead atoms. The lowest BCUT2D eigenvalue weighted by atomic mass is 9.74. The van der Waals surface area contributed by atoms with E-state index in [1.54, 1.807) is 4.90 Å². The number of likely N-dealkylation sites (tertiary alicyclic amines) is 1. The van der Waals surface area contributed by atoms with Gasteiger partial charge in [0.05, 0.1) is 12.5 Å². The number of carbonyl (C=O) groups excluding carboxylic acids is 2. The fourth-order valence-electron chi connectivity index (χ4n) is 3.76. The van der Waals surface area contributed by atoms with Gasteiger partial charge in [-0.25, -0.2) is 4.79 Å². The molecule has 2 rings (SSSR count). The molecule has 0 unspecified atom stereocenters. The summed E-state index contributed by atoms with van der Waals surface area (Å²) in [5, 5.41) is 3.41. The molecule has 0 aromatic rings. The van der Waals surface area contributed by atoms with Crippen molar-refractivity contribution in [1.82, 2.24) is 10.2 Å². The van der Waals surface area contributed by atoms with Gasteiger partial charge in [-0.3, -0.25) is 4.79 Å². The molecule has 1 amide bonds. The van der Waals surface area contributed by atoms with Crippen LogP contribution in [0, 0.1) is 17.8 Å². The molecule has 2 fully saturated rings. The number of nitrogens with one attached hydrogen (secondary N) is 1. The second kappa shape index (κ2) is 8.19. The van der Waals surface area contributed by atoms with E-state index in [1.165, 1.54) is 0 Å². The first kappa shape index (κ1) is 19.0. The molecule has 2 aliphatic rings. The van der Waals surface area contributed by atoms with Crippen molar-refractivity contribution in [2.24, 2.45) is 17.8 Å². The largest absolute Gasteiger partial charge is 0.466 e. The van der Waals surface area contributed by atoms with Gasteiger partial charge in [-0.2, -0.15) is 0 Å². The molecule has 0 aromatic heterocycles. The molecule has 0 spiro atoms. The van der Waals surface area contributed by atoms with Gasteiger partial charge < -0.3 is 19.7 Å². The van der Waals surface area contributed by atoms with Gasteiger partial charge in [-0.05, 0) is 71.9 Å². The molecular weight excluding hydrogens is 308 g/mol. The molecule has 1 N–H and O–H groups in total. The van der Waals surface area contributed by atoms with E-state index in [0.29, 0.717) is 31.5 Å². The first-order valence-electron chi connectivity index (χ1n) is 9.17. The minimum atomic E-state index is -0.462. The quantitative estimate of drug-likeness (QED) is 0.799. The Kier molecular flexibility index (Phi) is 6.49. The summed E-state index contributed by atoms with van der Waals surface area (Å²) in [6.07, 6.45) is 2.45. The van der Waals surface area contributed by atoms with Gasteiger partial charge >= 0.3 is 12.1 Å². The third-order valence-corrected chi connectivity index (χ3v) is 4.92. The maximum atomic E-state index is 12.2. The molecule has 0 saturated carbocycles. The molecule has 2 aliphatic heterocycles. The SMILES string of the molecule is CCOC(=O)[C@H]1CCNC[C@H]1C1CCN(C(=O)OC(C)(C)C)CC1. The molecule has 138 valence electrons. The average Bonchev–Trinajstić information content (AvgIpc) is 2.53. The topological polar surface area (TPSA) is 67.9 Å². The summed E-state index contributed by atoms with van der Waals surface area (Å²) >= 11 is 0. The Morgan fingerprint density at radius 2 is 1.83 bits per heavy atom. The Morgan fingerprint density at radius 3 is 2.42 bits per heavy atom. The summed E-state index contributed by atoms with van der Waals surface area (Å²) < 4.78 is 10.7. The van der Waals surface area contributed by atoms with Crippen molar-refractivity contribution in [3.8, 4) is 0 Å². The third-order valence-electron chi connectivity index (χ3n) is 4.92. The zero-order chi connectivity index (χ0) is 17.7. The second-order valence-electron chi connectivity index (χ2n) is 7.82. The normalized spacial score (nSPS) is 26.1. The second-order valence-corrected chi connectivity index (χ2v) is 7.82. The van der Waals surface area contributed by atoms with E-state index in [-0.39, 0.29) is 18.0 Å². The van der Waals surface area contributed by atoms with Crippen molar-refractivity contribution in [2.75, 3.05) is 32.8 Å². The monoisotopic (exact) mass is 340 g/mol. The van der Waals surface area contributed by atoms with E-state index in [4.69, 9.17) is 9.47 Å². The van der Waals surface area contributed by atoms with Gasteiger partial charge in [-0.15, -0.1) is 0 Å². The molecule has 0 aromatic carbocycles. The summed E-state index contributed by atoms with van der Waals surface area (Å²) in [6, 6.07) is 0. The van der Waals surface area contributed by atoms with Crippen LogP contribution >= 0.6 is 0 Å². The lowest BCUT2D eigenvalue weighted by Crippen LogP contribution is -2.48. The van der Waals surface area contributed by atoms with Gasteiger partial charge in [0.2, 0.25) is 0 Å². The van der Waals surface area contributed by atoms with Gasteiger partial charge in [-0.1, -0.05) is 0 Å². The fourth-order valence-corrected chi connectivity index (χ4v) is 3.76. The van der Waals surface area contributed by atoms with Crippen LogP contribution in [-0.2, 0) is 14.3 Å². The highest BCUT2D eigenvalue weighted by Gasteiger charge is 2.39. The van der Waals surface area contributed by atoms with E-state index in [9.17, 15) is 9.59 Å². The standard InChI is InChI=1S/C18H32N2O4/c1-5-23-16(21)14-6-9-19-12-15(14)13-7-10-20(11-8-13)17(22)24-18(2,3)4/h13-15,19H,5-12H2,1-4H3/t14-,15-/m0/s1. The van der Waals surface area contributed by atoms with Gasteiger partial charge in [0.1, 0.15) is 5.60 Å². The highest BCUT2D eigenvalue weighted by Crippen LogP contribution is 2.34. The molecular formula is C18H32N2O4. The van der Waals surface area contributed by atoms with Crippen molar-refractivity contribution in [2.45, 2.75) is 52.6 Å². The van der Waals surface area contributed by atoms with Crippen LogP contribution in [0.1, 0.15) is 47.0 Å². The predicted molar refractivity (Wildman–Crippen MR) is 91.6 cm³/mol. The van der Waals surface area contributed by atoms with E-state index in [1.807, 2.05) is 27.7 Å². The van der Waals surface area contributed by atoms with Crippen LogP contribution in [0.4, 0.5) is 4.79 Å². The maximum Gasteiger partial charge on any atom is 0.410 e. The number of nitrogens with zero attached hydrogens (tertiary/aromatic N) is 1. The van der Waals surface area contributed by atoms with Gasteiger partial charge in [0.25, 0.3) is 0 Å². The molecule has 2 atom stereocenters. The summed E-state index contributed by atoms with van der Waals surface area (Å²) in [6.45, 7) is 11.1. The molecule has 2 heterocycles.